The Bertz CT molecular complexity index is 506. The molecule has 1 saturated carbocycles. The first kappa shape index (κ1) is 14.0. The van der Waals surface area contributed by atoms with E-state index in [-0.39, 0.29) is 5.56 Å². The second-order valence-electron chi connectivity index (χ2n) is 4.65. The van der Waals surface area contributed by atoms with Crippen molar-refractivity contribution in [3.05, 3.63) is 34.1 Å². The maximum absolute atomic E-state index is 13.7. The summed E-state index contributed by atoms with van der Waals surface area (Å²) in [4.78, 5) is 23.4. The van der Waals surface area contributed by atoms with Gasteiger partial charge in [0, 0.05) is 4.47 Å². The van der Waals surface area contributed by atoms with E-state index in [2.05, 4.69) is 21.2 Å². The monoisotopic (exact) mass is 329 g/mol. The first-order valence-electron chi connectivity index (χ1n) is 5.96. The van der Waals surface area contributed by atoms with E-state index in [1.165, 1.54) is 12.1 Å². The van der Waals surface area contributed by atoms with Gasteiger partial charge in [0.2, 0.25) is 0 Å². The van der Waals surface area contributed by atoms with E-state index in [4.69, 9.17) is 0 Å². The molecule has 102 valence electrons. The lowest BCUT2D eigenvalue weighted by Gasteiger charge is -2.25. The van der Waals surface area contributed by atoms with Gasteiger partial charge in [-0.3, -0.25) is 4.79 Å². The summed E-state index contributed by atoms with van der Waals surface area (Å²) in [5, 5.41) is 11.8. The molecule has 1 aromatic carbocycles. The van der Waals surface area contributed by atoms with Gasteiger partial charge in [0.15, 0.2) is 0 Å². The molecule has 2 rings (SSSR count). The topological polar surface area (TPSA) is 66.4 Å². The van der Waals surface area contributed by atoms with Crippen LogP contribution in [0.25, 0.3) is 0 Å². The van der Waals surface area contributed by atoms with Gasteiger partial charge in [0.05, 0.1) is 5.56 Å². The summed E-state index contributed by atoms with van der Waals surface area (Å²) in [7, 11) is 0. The summed E-state index contributed by atoms with van der Waals surface area (Å²) in [6, 6.07) is 4.18. The van der Waals surface area contributed by atoms with Crippen molar-refractivity contribution in [1.82, 2.24) is 5.32 Å². The minimum atomic E-state index is -1.27. The van der Waals surface area contributed by atoms with Crippen molar-refractivity contribution in [1.29, 1.82) is 0 Å². The number of amides is 1. The molecule has 0 aromatic heterocycles. The molecule has 2 N–H and O–H groups in total. The number of rotatable bonds is 3. The van der Waals surface area contributed by atoms with Crippen LogP contribution < -0.4 is 5.32 Å². The molecular formula is C13H13BrFNO3. The Balaban J connectivity index is 2.28. The normalized spacial score (nSPS) is 17.2. The maximum atomic E-state index is 13.7. The van der Waals surface area contributed by atoms with Crippen molar-refractivity contribution in [2.75, 3.05) is 0 Å². The summed E-state index contributed by atoms with van der Waals surface area (Å²) in [6.07, 6.45) is 2.23. The van der Waals surface area contributed by atoms with E-state index in [1.807, 2.05) is 0 Å². The third kappa shape index (κ3) is 2.63. The van der Waals surface area contributed by atoms with Gasteiger partial charge in [0.25, 0.3) is 5.91 Å². The predicted octanol–water partition coefficient (Wildman–Crippen LogP) is 2.72. The Morgan fingerprint density at radius 1 is 1.32 bits per heavy atom. The Morgan fingerprint density at radius 2 is 1.95 bits per heavy atom. The van der Waals surface area contributed by atoms with Gasteiger partial charge in [-0.15, -0.1) is 0 Å². The van der Waals surface area contributed by atoms with E-state index in [1.54, 1.807) is 6.07 Å². The van der Waals surface area contributed by atoms with Crippen LogP contribution in [0, 0.1) is 5.82 Å². The summed E-state index contributed by atoms with van der Waals surface area (Å²) in [5.41, 5.74) is -1.42. The van der Waals surface area contributed by atoms with Crippen LogP contribution in [0.4, 0.5) is 4.39 Å². The highest BCUT2D eigenvalue weighted by atomic mass is 79.9. The standard InChI is InChI=1S/C13H13BrFNO3/c14-8-4-3-5-9(15)10(8)11(17)16-13(12(18)19)6-1-2-7-13/h3-5H,1-2,6-7H2,(H,16,17)(H,18,19). The molecular weight excluding hydrogens is 317 g/mol. The third-order valence-electron chi connectivity index (χ3n) is 3.41. The van der Waals surface area contributed by atoms with Gasteiger partial charge in [-0.25, -0.2) is 9.18 Å². The van der Waals surface area contributed by atoms with Gasteiger partial charge in [-0.05, 0) is 40.9 Å². The molecule has 1 aliphatic rings. The van der Waals surface area contributed by atoms with Crippen LogP contribution in [0.2, 0.25) is 0 Å². The minimum absolute atomic E-state index is 0.157. The van der Waals surface area contributed by atoms with Crippen molar-refractivity contribution in [2.45, 2.75) is 31.2 Å². The summed E-state index contributed by atoms with van der Waals surface area (Å²) >= 11 is 3.10. The van der Waals surface area contributed by atoms with Crippen LogP contribution in [0.3, 0.4) is 0 Å². The largest absolute Gasteiger partial charge is 0.480 e. The van der Waals surface area contributed by atoms with Crippen molar-refractivity contribution in [2.24, 2.45) is 0 Å². The van der Waals surface area contributed by atoms with Crippen LogP contribution >= 0.6 is 15.9 Å². The SMILES string of the molecule is O=C(NC1(C(=O)O)CCCC1)c1c(F)cccc1Br. The zero-order valence-corrected chi connectivity index (χ0v) is 11.7. The Labute approximate surface area is 118 Å². The predicted molar refractivity (Wildman–Crippen MR) is 70.4 cm³/mol. The number of halogens is 2. The number of aliphatic carboxylic acids is 1. The second-order valence-corrected chi connectivity index (χ2v) is 5.50. The third-order valence-corrected chi connectivity index (χ3v) is 4.07. The van der Waals surface area contributed by atoms with E-state index in [9.17, 15) is 19.1 Å². The van der Waals surface area contributed by atoms with E-state index >= 15 is 0 Å². The van der Waals surface area contributed by atoms with Gasteiger partial charge in [0.1, 0.15) is 11.4 Å². The van der Waals surface area contributed by atoms with Crippen molar-refractivity contribution < 1.29 is 19.1 Å². The molecule has 0 atom stereocenters. The fraction of sp³-hybridized carbons (Fsp3) is 0.385. The van der Waals surface area contributed by atoms with Gasteiger partial charge in [-0.2, -0.15) is 0 Å². The van der Waals surface area contributed by atoms with Gasteiger partial charge < -0.3 is 10.4 Å². The van der Waals surface area contributed by atoms with Crippen molar-refractivity contribution >= 4 is 27.8 Å². The fourth-order valence-corrected chi connectivity index (χ4v) is 2.89. The van der Waals surface area contributed by atoms with Crippen LogP contribution in [0.5, 0.6) is 0 Å². The number of benzene rings is 1. The fourth-order valence-electron chi connectivity index (χ4n) is 2.37. The van der Waals surface area contributed by atoms with Crippen LogP contribution in [-0.4, -0.2) is 22.5 Å². The molecule has 1 fully saturated rings. The van der Waals surface area contributed by atoms with Crippen molar-refractivity contribution in [3.8, 4) is 0 Å². The smallest absolute Gasteiger partial charge is 0.329 e. The number of nitrogens with one attached hydrogen (secondary N) is 1. The summed E-state index contributed by atoms with van der Waals surface area (Å²) in [5.74, 6) is -2.44. The van der Waals surface area contributed by atoms with Crippen molar-refractivity contribution in [3.63, 3.8) is 0 Å². The first-order valence-corrected chi connectivity index (χ1v) is 6.75. The zero-order chi connectivity index (χ0) is 14.0. The molecule has 0 unspecified atom stereocenters. The minimum Gasteiger partial charge on any atom is -0.480 e. The Hall–Kier alpha value is -1.43. The molecule has 0 spiro atoms. The highest BCUT2D eigenvalue weighted by Crippen LogP contribution is 2.31. The lowest BCUT2D eigenvalue weighted by Crippen LogP contribution is -2.52. The molecule has 1 amide bonds. The molecule has 6 heteroatoms. The number of carbonyl (C=O) groups excluding carboxylic acids is 1. The van der Waals surface area contributed by atoms with E-state index in [0.717, 1.165) is 12.8 Å². The molecule has 1 aliphatic carbocycles. The molecule has 0 heterocycles. The van der Waals surface area contributed by atoms with Gasteiger partial charge >= 0.3 is 5.97 Å². The molecule has 1 aromatic rings. The molecule has 0 bridgehead atoms. The van der Waals surface area contributed by atoms with Crippen LogP contribution in [0.1, 0.15) is 36.0 Å². The zero-order valence-electron chi connectivity index (χ0n) is 10.1. The number of hydrogen-bond donors (Lipinski definition) is 2. The van der Waals surface area contributed by atoms with Crippen LogP contribution in [-0.2, 0) is 4.79 Å². The molecule has 0 saturated heterocycles. The molecule has 19 heavy (non-hydrogen) atoms. The number of hydrogen-bond acceptors (Lipinski definition) is 2. The number of carboxylic acids is 1. The van der Waals surface area contributed by atoms with Crippen LogP contribution in [0.15, 0.2) is 22.7 Å². The average molecular weight is 330 g/mol. The lowest BCUT2D eigenvalue weighted by atomic mass is 9.97. The number of carboxylic acid groups (broad SMARTS) is 1. The maximum Gasteiger partial charge on any atom is 0.329 e. The first-order chi connectivity index (χ1) is 8.96. The number of carbonyl (C=O) groups is 2. The Morgan fingerprint density at radius 3 is 2.47 bits per heavy atom. The van der Waals surface area contributed by atoms with E-state index in [0.29, 0.717) is 17.3 Å². The molecule has 0 aliphatic heterocycles. The van der Waals surface area contributed by atoms with E-state index < -0.39 is 23.2 Å². The molecule has 4 nitrogen and oxygen atoms in total. The summed E-state index contributed by atoms with van der Waals surface area (Å²) in [6.45, 7) is 0. The highest BCUT2D eigenvalue weighted by Gasteiger charge is 2.43. The van der Waals surface area contributed by atoms with Gasteiger partial charge in [-0.1, -0.05) is 18.9 Å². The summed E-state index contributed by atoms with van der Waals surface area (Å²) < 4.78 is 14.0. The average Bonchev–Trinajstić information content (AvgIpc) is 2.78. The Kier molecular flexibility index (Phi) is 3.89. The molecule has 0 radical (unpaired) electrons. The lowest BCUT2D eigenvalue weighted by molar-refractivity contribution is -0.144. The quantitative estimate of drug-likeness (QED) is 0.896. The second kappa shape index (κ2) is 5.28. The highest BCUT2D eigenvalue weighted by molar-refractivity contribution is 9.10.